The predicted octanol–water partition coefficient (Wildman–Crippen LogP) is 2.18. The Hall–Kier alpha value is -2.43. The molecule has 168 valence electrons. The molecule has 1 aromatic rings. The zero-order valence-corrected chi connectivity index (χ0v) is 19.0. The molecule has 2 amide bonds. The van der Waals surface area contributed by atoms with Gasteiger partial charge in [0.05, 0.1) is 25.6 Å². The Bertz CT molecular complexity index is 792. The molecule has 2 fully saturated rings. The van der Waals surface area contributed by atoms with Crippen LogP contribution in [0.2, 0.25) is 0 Å². The van der Waals surface area contributed by atoms with Crippen molar-refractivity contribution >= 4 is 17.5 Å². The van der Waals surface area contributed by atoms with Crippen LogP contribution in [0, 0.1) is 25.2 Å². The molecular weight excluding hydrogens is 390 g/mol. The smallest absolute Gasteiger partial charge is 0.241 e. The lowest BCUT2D eigenvalue weighted by Gasteiger charge is -2.27. The Kier molecular flexibility index (Phi) is 8.44. The summed E-state index contributed by atoms with van der Waals surface area (Å²) < 4.78 is 0. The quantitative estimate of drug-likeness (QED) is 0.670. The molecule has 2 aliphatic rings. The van der Waals surface area contributed by atoms with E-state index in [0.29, 0.717) is 26.1 Å². The molecule has 0 bridgehead atoms. The van der Waals surface area contributed by atoms with Gasteiger partial charge < -0.3 is 9.80 Å². The number of hydrogen-bond donors (Lipinski definition) is 0. The van der Waals surface area contributed by atoms with Gasteiger partial charge in [-0.15, -0.1) is 0 Å². The van der Waals surface area contributed by atoms with Gasteiger partial charge in [-0.25, -0.2) is 0 Å². The maximum Gasteiger partial charge on any atom is 0.241 e. The summed E-state index contributed by atoms with van der Waals surface area (Å²) in [4.78, 5) is 33.8. The van der Waals surface area contributed by atoms with E-state index in [0.717, 1.165) is 75.3 Å². The number of aryl methyl sites for hydroxylation is 2. The highest BCUT2D eigenvalue weighted by atomic mass is 16.2. The predicted molar refractivity (Wildman–Crippen MR) is 122 cm³/mol. The van der Waals surface area contributed by atoms with E-state index in [1.807, 2.05) is 30.9 Å². The Morgan fingerprint density at radius 1 is 0.903 bits per heavy atom. The van der Waals surface area contributed by atoms with E-state index in [1.165, 1.54) is 0 Å². The van der Waals surface area contributed by atoms with Crippen LogP contribution in [-0.2, 0) is 9.59 Å². The van der Waals surface area contributed by atoms with Crippen molar-refractivity contribution in [2.24, 2.45) is 0 Å². The summed E-state index contributed by atoms with van der Waals surface area (Å²) in [6.07, 6.45) is 3.49. The summed E-state index contributed by atoms with van der Waals surface area (Å²) in [5.74, 6) is 0.265. The fourth-order valence-electron chi connectivity index (χ4n) is 4.54. The van der Waals surface area contributed by atoms with E-state index >= 15 is 0 Å². The highest BCUT2D eigenvalue weighted by Crippen LogP contribution is 2.20. The number of benzene rings is 1. The fraction of sp³-hybridized carbons (Fsp3) is 0.625. The molecule has 0 aliphatic carbocycles. The third-order valence-electron chi connectivity index (χ3n) is 6.12. The summed E-state index contributed by atoms with van der Waals surface area (Å²) in [6, 6.07) is 8.27. The molecule has 0 radical (unpaired) electrons. The first-order valence-electron chi connectivity index (χ1n) is 11.4. The third kappa shape index (κ3) is 6.78. The number of carbonyl (C=O) groups excluding carboxylic acids is 2. The van der Waals surface area contributed by atoms with Crippen molar-refractivity contribution in [2.75, 3.05) is 63.8 Å². The molecule has 0 aromatic heterocycles. The standard InChI is InChI=1S/C24H35N5O2/c1-20-15-21(2)17-22(16-20)29(12-5-7-25)24(31)19-27-9-6-8-26(13-14-27)18-23(30)28-10-3-4-11-28/h15-17H,3-6,8-14,18-19H2,1-2H3. The van der Waals surface area contributed by atoms with Crippen LogP contribution in [0.5, 0.6) is 0 Å². The van der Waals surface area contributed by atoms with Gasteiger partial charge in [-0.1, -0.05) is 6.07 Å². The van der Waals surface area contributed by atoms with E-state index in [9.17, 15) is 9.59 Å². The molecule has 3 rings (SSSR count). The first-order chi connectivity index (χ1) is 15.0. The summed E-state index contributed by atoms with van der Waals surface area (Å²) in [7, 11) is 0. The number of hydrogen-bond acceptors (Lipinski definition) is 5. The average Bonchev–Trinajstić information content (AvgIpc) is 3.18. The number of amides is 2. The number of nitriles is 1. The monoisotopic (exact) mass is 425 g/mol. The van der Waals surface area contributed by atoms with Crippen LogP contribution in [0.1, 0.15) is 36.8 Å². The minimum atomic E-state index is 0.0295. The molecule has 31 heavy (non-hydrogen) atoms. The number of likely N-dealkylation sites (tertiary alicyclic amines) is 1. The molecule has 7 nitrogen and oxygen atoms in total. The van der Waals surface area contributed by atoms with Crippen LogP contribution < -0.4 is 4.90 Å². The minimum absolute atomic E-state index is 0.0295. The van der Waals surface area contributed by atoms with E-state index in [2.05, 4.69) is 21.9 Å². The van der Waals surface area contributed by atoms with Gasteiger partial charge in [-0.3, -0.25) is 19.4 Å². The van der Waals surface area contributed by atoms with Crippen LogP contribution in [-0.4, -0.2) is 85.4 Å². The number of nitrogens with zero attached hydrogens (tertiary/aromatic N) is 5. The summed E-state index contributed by atoms with van der Waals surface area (Å²) in [5.41, 5.74) is 3.08. The minimum Gasteiger partial charge on any atom is -0.342 e. The Balaban J connectivity index is 1.57. The van der Waals surface area contributed by atoms with Crippen molar-refractivity contribution in [1.82, 2.24) is 14.7 Å². The molecule has 2 saturated heterocycles. The van der Waals surface area contributed by atoms with Gasteiger partial charge in [0.2, 0.25) is 11.8 Å². The summed E-state index contributed by atoms with van der Waals surface area (Å²) in [6.45, 7) is 10.4. The molecule has 0 atom stereocenters. The van der Waals surface area contributed by atoms with Crippen molar-refractivity contribution < 1.29 is 9.59 Å². The van der Waals surface area contributed by atoms with E-state index in [-0.39, 0.29) is 11.8 Å². The molecule has 0 unspecified atom stereocenters. The highest BCUT2D eigenvalue weighted by Gasteiger charge is 2.24. The SMILES string of the molecule is Cc1cc(C)cc(N(CCC#N)C(=O)CN2CCCN(CC(=O)N3CCCC3)CC2)c1. The van der Waals surface area contributed by atoms with Crippen molar-refractivity contribution in [2.45, 2.75) is 39.5 Å². The van der Waals surface area contributed by atoms with Gasteiger partial charge in [0.1, 0.15) is 0 Å². The van der Waals surface area contributed by atoms with Gasteiger partial charge in [0.25, 0.3) is 0 Å². The maximum atomic E-state index is 13.2. The first-order valence-corrected chi connectivity index (χ1v) is 11.4. The van der Waals surface area contributed by atoms with Gasteiger partial charge in [-0.2, -0.15) is 5.26 Å². The average molecular weight is 426 g/mol. The molecule has 1 aromatic carbocycles. The zero-order chi connectivity index (χ0) is 22.2. The van der Waals surface area contributed by atoms with Crippen LogP contribution >= 0.6 is 0 Å². The zero-order valence-electron chi connectivity index (χ0n) is 19.0. The lowest BCUT2D eigenvalue weighted by Crippen LogP contribution is -2.43. The fourth-order valence-corrected chi connectivity index (χ4v) is 4.54. The van der Waals surface area contributed by atoms with Crippen molar-refractivity contribution in [1.29, 1.82) is 5.26 Å². The van der Waals surface area contributed by atoms with Crippen LogP contribution in [0.15, 0.2) is 18.2 Å². The topological polar surface area (TPSA) is 70.9 Å². The Morgan fingerprint density at radius 2 is 1.52 bits per heavy atom. The maximum absolute atomic E-state index is 13.2. The normalized spacial score (nSPS) is 17.9. The lowest BCUT2D eigenvalue weighted by molar-refractivity contribution is -0.131. The second kappa shape index (κ2) is 11.3. The molecule has 2 heterocycles. The second-order valence-electron chi connectivity index (χ2n) is 8.79. The first kappa shape index (κ1) is 23.2. The second-order valence-corrected chi connectivity index (χ2v) is 8.79. The van der Waals surface area contributed by atoms with Gasteiger partial charge in [0.15, 0.2) is 0 Å². The summed E-state index contributed by atoms with van der Waals surface area (Å²) in [5, 5.41) is 9.06. The van der Waals surface area contributed by atoms with Gasteiger partial charge >= 0.3 is 0 Å². The Morgan fingerprint density at radius 3 is 2.13 bits per heavy atom. The van der Waals surface area contributed by atoms with Crippen molar-refractivity contribution in [3.63, 3.8) is 0 Å². The van der Waals surface area contributed by atoms with Gasteiger partial charge in [-0.05, 0) is 69.5 Å². The molecular formula is C24H35N5O2. The number of rotatable bonds is 7. The van der Waals surface area contributed by atoms with E-state index in [1.54, 1.807) is 4.90 Å². The van der Waals surface area contributed by atoms with Crippen molar-refractivity contribution in [3.05, 3.63) is 29.3 Å². The third-order valence-corrected chi connectivity index (χ3v) is 6.12. The van der Waals surface area contributed by atoms with E-state index < -0.39 is 0 Å². The highest BCUT2D eigenvalue weighted by molar-refractivity contribution is 5.95. The number of carbonyl (C=O) groups is 2. The molecule has 0 N–H and O–H groups in total. The lowest BCUT2D eigenvalue weighted by atomic mass is 10.1. The number of anilines is 1. The Labute approximate surface area is 186 Å². The molecule has 7 heteroatoms. The van der Waals surface area contributed by atoms with Crippen LogP contribution in [0.4, 0.5) is 5.69 Å². The van der Waals surface area contributed by atoms with Crippen LogP contribution in [0.25, 0.3) is 0 Å². The largest absolute Gasteiger partial charge is 0.342 e. The summed E-state index contributed by atoms with van der Waals surface area (Å²) >= 11 is 0. The van der Waals surface area contributed by atoms with Crippen LogP contribution in [0.3, 0.4) is 0 Å². The van der Waals surface area contributed by atoms with E-state index in [4.69, 9.17) is 5.26 Å². The van der Waals surface area contributed by atoms with Crippen molar-refractivity contribution in [3.8, 4) is 6.07 Å². The van der Waals surface area contributed by atoms with Gasteiger partial charge in [0, 0.05) is 38.4 Å². The molecule has 0 saturated carbocycles. The molecule has 2 aliphatic heterocycles. The molecule has 0 spiro atoms.